The molecule has 2 aromatic carbocycles. The lowest BCUT2D eigenvalue weighted by molar-refractivity contribution is -0.118. The zero-order valence-corrected chi connectivity index (χ0v) is 16.2. The number of nitrogens with one attached hydrogen (secondary N) is 1. The fraction of sp³-hybridized carbons (Fsp3) is 0.250. The normalized spacial score (nSPS) is 10.8. The molecule has 0 atom stereocenters. The van der Waals surface area contributed by atoms with Crippen molar-refractivity contribution in [2.45, 2.75) is 30.9 Å². The Balaban J connectivity index is 1.60. The molecule has 0 saturated carbocycles. The van der Waals surface area contributed by atoms with Gasteiger partial charge >= 0.3 is 6.01 Å². The second-order valence-electron chi connectivity index (χ2n) is 6.26. The van der Waals surface area contributed by atoms with E-state index in [2.05, 4.69) is 29.4 Å². The standard InChI is InChI=1S/C20H21N3O3S/c1-13(2)27-17-9-5-7-15(11-17)19-22-23-20(26-19)21-18(24)12-25-16-8-4-6-14(3)10-16/h4-11,13H,12H2,1-3H3,(H,21,23,24). The van der Waals surface area contributed by atoms with Gasteiger partial charge in [0, 0.05) is 15.7 Å². The number of nitrogens with zero attached hydrogens (tertiary/aromatic N) is 2. The lowest BCUT2D eigenvalue weighted by Gasteiger charge is -2.06. The van der Waals surface area contributed by atoms with Gasteiger partial charge in [-0.1, -0.05) is 37.1 Å². The molecule has 1 aromatic heterocycles. The largest absolute Gasteiger partial charge is 0.484 e. The number of aryl methyl sites for hydroxylation is 1. The minimum absolute atomic E-state index is 0.0461. The summed E-state index contributed by atoms with van der Waals surface area (Å²) in [7, 11) is 0. The number of benzene rings is 2. The molecule has 0 radical (unpaired) electrons. The van der Waals surface area contributed by atoms with E-state index in [9.17, 15) is 4.79 Å². The van der Waals surface area contributed by atoms with Crippen molar-refractivity contribution in [3.05, 3.63) is 54.1 Å². The van der Waals surface area contributed by atoms with Gasteiger partial charge in [-0.05, 0) is 42.8 Å². The van der Waals surface area contributed by atoms with Crippen molar-refractivity contribution in [3.8, 4) is 17.2 Å². The molecule has 3 rings (SSSR count). The van der Waals surface area contributed by atoms with Crippen LogP contribution in [0.25, 0.3) is 11.5 Å². The summed E-state index contributed by atoms with van der Waals surface area (Å²) in [6.45, 7) is 6.09. The molecule has 140 valence electrons. The Morgan fingerprint density at radius 3 is 2.78 bits per heavy atom. The first-order valence-corrected chi connectivity index (χ1v) is 9.47. The van der Waals surface area contributed by atoms with Crippen molar-refractivity contribution < 1.29 is 13.9 Å². The van der Waals surface area contributed by atoms with E-state index in [4.69, 9.17) is 9.15 Å². The number of rotatable bonds is 7. The molecule has 0 saturated heterocycles. The number of amides is 1. The van der Waals surface area contributed by atoms with Crippen LogP contribution in [0.1, 0.15) is 19.4 Å². The molecular formula is C20H21N3O3S. The molecule has 6 nitrogen and oxygen atoms in total. The first-order valence-electron chi connectivity index (χ1n) is 8.59. The van der Waals surface area contributed by atoms with Crippen LogP contribution in [0, 0.1) is 6.92 Å². The maximum absolute atomic E-state index is 12.0. The second kappa shape index (κ2) is 8.73. The molecule has 0 aliphatic rings. The van der Waals surface area contributed by atoms with Crippen molar-refractivity contribution in [2.75, 3.05) is 11.9 Å². The zero-order valence-electron chi connectivity index (χ0n) is 15.4. The van der Waals surface area contributed by atoms with Gasteiger partial charge in [0.2, 0.25) is 5.89 Å². The van der Waals surface area contributed by atoms with Crippen LogP contribution in [-0.2, 0) is 4.79 Å². The van der Waals surface area contributed by atoms with Crippen LogP contribution in [0.15, 0.2) is 57.8 Å². The Morgan fingerprint density at radius 1 is 1.19 bits per heavy atom. The lowest BCUT2D eigenvalue weighted by Crippen LogP contribution is -2.20. The van der Waals surface area contributed by atoms with E-state index in [0.717, 1.165) is 16.0 Å². The molecule has 0 aliphatic heterocycles. The summed E-state index contributed by atoms with van der Waals surface area (Å²) >= 11 is 1.75. The predicted molar refractivity (Wildman–Crippen MR) is 106 cm³/mol. The second-order valence-corrected chi connectivity index (χ2v) is 7.91. The summed E-state index contributed by atoms with van der Waals surface area (Å²) in [6, 6.07) is 15.4. The smallest absolute Gasteiger partial charge is 0.322 e. The molecule has 0 aliphatic carbocycles. The third-order valence-electron chi connectivity index (χ3n) is 3.48. The van der Waals surface area contributed by atoms with E-state index >= 15 is 0 Å². The molecule has 7 heteroatoms. The summed E-state index contributed by atoms with van der Waals surface area (Å²) in [5.41, 5.74) is 1.87. The Hall–Kier alpha value is -2.80. The summed E-state index contributed by atoms with van der Waals surface area (Å²) in [4.78, 5) is 13.1. The third-order valence-corrected chi connectivity index (χ3v) is 4.48. The Bertz CT molecular complexity index is 924. The van der Waals surface area contributed by atoms with Crippen molar-refractivity contribution in [1.82, 2.24) is 10.2 Å². The molecule has 27 heavy (non-hydrogen) atoms. The van der Waals surface area contributed by atoms with Gasteiger partial charge in [-0.3, -0.25) is 10.1 Å². The number of hydrogen-bond donors (Lipinski definition) is 1. The highest BCUT2D eigenvalue weighted by molar-refractivity contribution is 7.99. The van der Waals surface area contributed by atoms with Gasteiger partial charge in [0.15, 0.2) is 6.61 Å². The SMILES string of the molecule is Cc1cccc(OCC(=O)Nc2nnc(-c3cccc(SC(C)C)c3)o2)c1. The van der Waals surface area contributed by atoms with Crippen LogP contribution in [0.3, 0.4) is 0 Å². The van der Waals surface area contributed by atoms with E-state index in [-0.39, 0.29) is 18.5 Å². The van der Waals surface area contributed by atoms with E-state index in [1.807, 2.05) is 49.4 Å². The van der Waals surface area contributed by atoms with Crippen LogP contribution < -0.4 is 10.1 Å². The molecule has 0 fully saturated rings. The zero-order chi connectivity index (χ0) is 19.2. The van der Waals surface area contributed by atoms with Gasteiger partial charge in [-0.25, -0.2) is 0 Å². The average Bonchev–Trinajstić information content (AvgIpc) is 3.08. The highest BCUT2D eigenvalue weighted by atomic mass is 32.2. The number of carbonyl (C=O) groups is 1. The number of carbonyl (C=O) groups excluding carboxylic acids is 1. The molecule has 1 amide bonds. The predicted octanol–water partition coefficient (Wildman–Crippen LogP) is 4.56. The van der Waals surface area contributed by atoms with E-state index in [0.29, 0.717) is 16.9 Å². The van der Waals surface area contributed by atoms with Crippen molar-refractivity contribution in [2.24, 2.45) is 0 Å². The van der Waals surface area contributed by atoms with Crippen molar-refractivity contribution >= 4 is 23.7 Å². The van der Waals surface area contributed by atoms with Crippen LogP contribution in [-0.4, -0.2) is 28.0 Å². The fourth-order valence-electron chi connectivity index (χ4n) is 2.37. The molecule has 0 bridgehead atoms. The van der Waals surface area contributed by atoms with E-state index in [1.54, 1.807) is 17.8 Å². The van der Waals surface area contributed by atoms with Gasteiger partial charge in [0.05, 0.1) is 0 Å². The molecule has 1 N–H and O–H groups in total. The highest BCUT2D eigenvalue weighted by Crippen LogP contribution is 2.28. The van der Waals surface area contributed by atoms with Crippen LogP contribution in [0.5, 0.6) is 5.75 Å². The van der Waals surface area contributed by atoms with Crippen molar-refractivity contribution in [1.29, 1.82) is 0 Å². The van der Waals surface area contributed by atoms with Gasteiger partial charge < -0.3 is 9.15 Å². The minimum Gasteiger partial charge on any atom is -0.484 e. The number of anilines is 1. The molecule has 3 aromatic rings. The monoisotopic (exact) mass is 383 g/mol. The van der Waals surface area contributed by atoms with Crippen molar-refractivity contribution in [3.63, 3.8) is 0 Å². The van der Waals surface area contributed by atoms with Gasteiger partial charge in [-0.2, -0.15) is 0 Å². The van der Waals surface area contributed by atoms with E-state index in [1.165, 1.54) is 0 Å². The summed E-state index contributed by atoms with van der Waals surface area (Å²) < 4.78 is 11.0. The quantitative estimate of drug-likeness (QED) is 0.603. The van der Waals surface area contributed by atoms with E-state index < -0.39 is 0 Å². The van der Waals surface area contributed by atoms with Gasteiger partial charge in [0.25, 0.3) is 5.91 Å². The van der Waals surface area contributed by atoms with Crippen LogP contribution in [0.4, 0.5) is 6.01 Å². The molecule has 0 unspecified atom stereocenters. The molecule has 0 spiro atoms. The van der Waals surface area contributed by atoms with Crippen LogP contribution in [0.2, 0.25) is 0 Å². The average molecular weight is 383 g/mol. The van der Waals surface area contributed by atoms with Crippen LogP contribution >= 0.6 is 11.8 Å². The Labute approximate surface area is 162 Å². The summed E-state index contributed by atoms with van der Waals surface area (Å²) in [6.07, 6.45) is 0. The van der Waals surface area contributed by atoms with Gasteiger partial charge in [-0.15, -0.1) is 16.9 Å². The number of aromatic nitrogens is 2. The summed E-state index contributed by atoms with van der Waals surface area (Å²) in [5.74, 6) is 0.628. The first kappa shape index (κ1) is 19.0. The molecular weight excluding hydrogens is 362 g/mol. The third kappa shape index (κ3) is 5.59. The number of hydrogen-bond acceptors (Lipinski definition) is 6. The lowest BCUT2D eigenvalue weighted by atomic mass is 10.2. The maximum Gasteiger partial charge on any atom is 0.322 e. The first-order chi connectivity index (χ1) is 13.0. The number of ether oxygens (including phenoxy) is 1. The summed E-state index contributed by atoms with van der Waals surface area (Å²) in [5, 5.41) is 10.9. The topological polar surface area (TPSA) is 77.2 Å². The fourth-order valence-corrected chi connectivity index (χ4v) is 3.27. The number of thioether (sulfide) groups is 1. The maximum atomic E-state index is 12.0. The Kier molecular flexibility index (Phi) is 6.13. The molecule has 1 heterocycles. The Morgan fingerprint density at radius 2 is 2.00 bits per heavy atom. The highest BCUT2D eigenvalue weighted by Gasteiger charge is 2.12. The minimum atomic E-state index is -0.365. The van der Waals surface area contributed by atoms with Gasteiger partial charge in [0.1, 0.15) is 5.75 Å².